The predicted molar refractivity (Wildman–Crippen MR) is 78.3 cm³/mol. The van der Waals surface area contributed by atoms with E-state index >= 15 is 0 Å². The molecule has 4 atom stereocenters. The lowest BCUT2D eigenvalue weighted by molar-refractivity contribution is -0.140. The zero-order valence-corrected chi connectivity index (χ0v) is 12.8. The molecular formula is C15H27N3O2. The molecule has 2 aliphatic rings. The number of nitrogens with one attached hydrogen (secondary N) is 2. The Morgan fingerprint density at radius 2 is 1.95 bits per heavy atom. The Labute approximate surface area is 121 Å². The highest BCUT2D eigenvalue weighted by atomic mass is 16.2. The first-order chi connectivity index (χ1) is 9.54. The van der Waals surface area contributed by atoms with Crippen molar-refractivity contribution in [1.82, 2.24) is 15.5 Å². The molecule has 2 N–H and O–H groups in total. The van der Waals surface area contributed by atoms with Gasteiger partial charge in [0.25, 0.3) is 0 Å². The Hall–Kier alpha value is -1.10. The van der Waals surface area contributed by atoms with Crippen LogP contribution in [0.4, 0.5) is 0 Å². The SMILES string of the molecule is CN[C@@H](C)C(=O)NC1CCCCC2CCC(C)N2C1=O. The molecule has 2 amide bonds. The fraction of sp³-hybridized carbons (Fsp3) is 0.867. The third kappa shape index (κ3) is 3.14. The fourth-order valence-corrected chi connectivity index (χ4v) is 3.35. The van der Waals surface area contributed by atoms with Crippen LogP contribution in [0.25, 0.3) is 0 Å². The standard InChI is InChI=1S/C15H27N3O2/c1-10-8-9-12-6-4-5-7-13(15(20)18(10)12)17-14(19)11(2)16-3/h10-13,16H,4-9H2,1-3H3,(H,17,19)/t10?,11-,12?,13?/m0/s1. The molecule has 5 nitrogen and oxygen atoms in total. The maximum absolute atomic E-state index is 12.7. The van der Waals surface area contributed by atoms with E-state index in [1.165, 1.54) is 0 Å². The second kappa shape index (κ2) is 6.57. The second-order valence-corrected chi connectivity index (χ2v) is 6.18. The van der Waals surface area contributed by atoms with Crippen molar-refractivity contribution in [3.05, 3.63) is 0 Å². The van der Waals surface area contributed by atoms with Gasteiger partial charge in [0.05, 0.1) is 6.04 Å². The van der Waals surface area contributed by atoms with E-state index in [1.54, 1.807) is 7.05 Å². The highest BCUT2D eigenvalue weighted by Crippen LogP contribution is 2.30. The van der Waals surface area contributed by atoms with E-state index in [0.29, 0.717) is 12.1 Å². The smallest absolute Gasteiger partial charge is 0.245 e. The Morgan fingerprint density at radius 1 is 1.25 bits per heavy atom. The molecule has 0 aromatic carbocycles. The summed E-state index contributed by atoms with van der Waals surface area (Å²) >= 11 is 0. The molecule has 0 bridgehead atoms. The van der Waals surface area contributed by atoms with Crippen molar-refractivity contribution in [1.29, 1.82) is 0 Å². The molecule has 5 heteroatoms. The average molecular weight is 281 g/mol. The van der Waals surface area contributed by atoms with Crippen LogP contribution in [0.3, 0.4) is 0 Å². The number of hydrogen-bond acceptors (Lipinski definition) is 3. The lowest BCUT2D eigenvalue weighted by Crippen LogP contribution is -2.55. The van der Waals surface area contributed by atoms with Crippen LogP contribution in [-0.4, -0.2) is 47.9 Å². The van der Waals surface area contributed by atoms with Crippen molar-refractivity contribution in [2.24, 2.45) is 0 Å². The zero-order valence-electron chi connectivity index (χ0n) is 12.8. The molecule has 2 fully saturated rings. The summed E-state index contributed by atoms with van der Waals surface area (Å²) in [7, 11) is 1.75. The molecule has 3 unspecified atom stereocenters. The lowest BCUT2D eigenvalue weighted by Gasteiger charge is -2.35. The Bertz CT molecular complexity index is 372. The van der Waals surface area contributed by atoms with Crippen LogP contribution in [0, 0.1) is 0 Å². The van der Waals surface area contributed by atoms with Crippen LogP contribution in [0.15, 0.2) is 0 Å². The molecule has 0 aromatic rings. The highest BCUT2D eigenvalue weighted by molar-refractivity contribution is 5.90. The van der Waals surface area contributed by atoms with Crippen molar-refractivity contribution in [3.8, 4) is 0 Å². The molecule has 20 heavy (non-hydrogen) atoms. The molecule has 114 valence electrons. The highest BCUT2D eigenvalue weighted by Gasteiger charge is 2.38. The molecule has 2 rings (SSSR count). The normalized spacial score (nSPS) is 32.2. The van der Waals surface area contributed by atoms with E-state index in [2.05, 4.69) is 17.6 Å². The van der Waals surface area contributed by atoms with E-state index in [4.69, 9.17) is 0 Å². The lowest BCUT2D eigenvalue weighted by atomic mass is 9.98. The van der Waals surface area contributed by atoms with Crippen LogP contribution in [0.5, 0.6) is 0 Å². The Kier molecular flexibility index (Phi) is 5.02. The molecule has 0 aliphatic carbocycles. The van der Waals surface area contributed by atoms with Gasteiger partial charge >= 0.3 is 0 Å². The number of hydrogen-bond donors (Lipinski definition) is 2. The second-order valence-electron chi connectivity index (χ2n) is 6.18. The third-order valence-electron chi connectivity index (χ3n) is 4.76. The molecule has 0 saturated carbocycles. The van der Waals surface area contributed by atoms with Crippen molar-refractivity contribution in [2.45, 2.75) is 76.5 Å². The summed E-state index contributed by atoms with van der Waals surface area (Å²) in [5, 5.41) is 5.84. The molecule has 0 radical (unpaired) electrons. The van der Waals surface area contributed by atoms with Gasteiger partial charge in [-0.1, -0.05) is 12.8 Å². The number of rotatable bonds is 3. The van der Waals surface area contributed by atoms with Gasteiger partial charge in [-0.2, -0.15) is 0 Å². The van der Waals surface area contributed by atoms with Gasteiger partial charge in [-0.3, -0.25) is 9.59 Å². The molecule has 0 aromatic heterocycles. The van der Waals surface area contributed by atoms with Gasteiger partial charge in [0.1, 0.15) is 6.04 Å². The van der Waals surface area contributed by atoms with Gasteiger partial charge < -0.3 is 15.5 Å². The number of amides is 2. The molecule has 2 heterocycles. The summed E-state index contributed by atoms with van der Waals surface area (Å²) in [6.45, 7) is 3.93. The number of carbonyl (C=O) groups excluding carboxylic acids is 2. The first-order valence-electron chi connectivity index (χ1n) is 7.84. The largest absolute Gasteiger partial charge is 0.343 e. The van der Waals surface area contributed by atoms with Gasteiger partial charge in [0.2, 0.25) is 11.8 Å². The van der Waals surface area contributed by atoms with E-state index in [0.717, 1.165) is 38.5 Å². The quantitative estimate of drug-likeness (QED) is 0.812. The van der Waals surface area contributed by atoms with Gasteiger partial charge in [-0.05, 0) is 46.6 Å². The molecular weight excluding hydrogens is 254 g/mol. The Morgan fingerprint density at radius 3 is 2.65 bits per heavy atom. The summed E-state index contributed by atoms with van der Waals surface area (Å²) < 4.78 is 0. The first-order valence-corrected chi connectivity index (χ1v) is 7.84. The number of likely N-dealkylation sites (N-methyl/N-ethyl adjacent to an activating group) is 1. The van der Waals surface area contributed by atoms with E-state index < -0.39 is 0 Å². The first kappa shape index (κ1) is 15.3. The monoisotopic (exact) mass is 281 g/mol. The van der Waals surface area contributed by atoms with Crippen molar-refractivity contribution in [3.63, 3.8) is 0 Å². The summed E-state index contributed by atoms with van der Waals surface area (Å²) in [5.74, 6) is 0.0335. The molecule has 0 spiro atoms. The van der Waals surface area contributed by atoms with E-state index in [-0.39, 0.29) is 23.9 Å². The summed E-state index contributed by atoms with van der Waals surface area (Å²) in [6.07, 6.45) is 6.24. The number of fused-ring (bicyclic) bond motifs is 1. The maximum Gasteiger partial charge on any atom is 0.245 e. The van der Waals surface area contributed by atoms with Crippen LogP contribution < -0.4 is 10.6 Å². The summed E-state index contributed by atoms with van der Waals surface area (Å²) in [6, 6.07) is 0.0901. The van der Waals surface area contributed by atoms with Crippen LogP contribution in [0.2, 0.25) is 0 Å². The van der Waals surface area contributed by atoms with Crippen molar-refractivity contribution in [2.75, 3.05) is 7.05 Å². The molecule has 2 aliphatic heterocycles. The van der Waals surface area contributed by atoms with Crippen LogP contribution in [0.1, 0.15) is 52.4 Å². The maximum atomic E-state index is 12.7. The predicted octanol–water partition coefficient (Wildman–Crippen LogP) is 1.03. The summed E-state index contributed by atoms with van der Waals surface area (Å²) in [5.41, 5.74) is 0. The average Bonchev–Trinajstić information content (AvgIpc) is 2.79. The zero-order chi connectivity index (χ0) is 14.7. The molecule has 2 saturated heterocycles. The minimum atomic E-state index is -0.346. The topological polar surface area (TPSA) is 61.4 Å². The van der Waals surface area contributed by atoms with Gasteiger partial charge in [0.15, 0.2) is 0 Å². The van der Waals surface area contributed by atoms with Gasteiger partial charge in [0, 0.05) is 12.1 Å². The van der Waals surface area contributed by atoms with E-state index in [9.17, 15) is 9.59 Å². The van der Waals surface area contributed by atoms with Crippen LogP contribution >= 0.6 is 0 Å². The van der Waals surface area contributed by atoms with Gasteiger partial charge in [-0.15, -0.1) is 0 Å². The van der Waals surface area contributed by atoms with Crippen molar-refractivity contribution < 1.29 is 9.59 Å². The van der Waals surface area contributed by atoms with Crippen molar-refractivity contribution >= 4 is 11.8 Å². The summed E-state index contributed by atoms with van der Waals surface area (Å²) in [4.78, 5) is 26.8. The minimum absolute atomic E-state index is 0.0881. The van der Waals surface area contributed by atoms with Gasteiger partial charge in [-0.25, -0.2) is 0 Å². The van der Waals surface area contributed by atoms with E-state index in [1.807, 2.05) is 11.8 Å². The third-order valence-corrected chi connectivity index (χ3v) is 4.76. The number of nitrogens with zero attached hydrogens (tertiary/aromatic N) is 1. The fourth-order valence-electron chi connectivity index (χ4n) is 3.35. The number of carbonyl (C=O) groups is 2. The van der Waals surface area contributed by atoms with Crippen LogP contribution in [-0.2, 0) is 9.59 Å². The minimum Gasteiger partial charge on any atom is -0.343 e. The Balaban J connectivity index is 2.07.